The topological polar surface area (TPSA) is 130 Å². The van der Waals surface area contributed by atoms with Crippen LogP contribution in [0.15, 0.2) is 63.2 Å². The molecule has 3 aromatic rings. The molecule has 0 amide bonds. The van der Waals surface area contributed by atoms with Crippen LogP contribution >= 0.6 is 11.6 Å². The van der Waals surface area contributed by atoms with Crippen molar-refractivity contribution in [3.05, 3.63) is 98.1 Å². The maximum absolute atomic E-state index is 15.7. The van der Waals surface area contributed by atoms with Gasteiger partial charge in [0, 0.05) is 35.2 Å². The number of halogens is 4. The van der Waals surface area contributed by atoms with Crippen molar-refractivity contribution in [2.24, 2.45) is 10.9 Å². The van der Waals surface area contributed by atoms with Crippen molar-refractivity contribution in [2.75, 3.05) is 6.26 Å². The van der Waals surface area contributed by atoms with Gasteiger partial charge in [0.1, 0.15) is 16.6 Å². The molecule has 1 aliphatic carbocycles. The van der Waals surface area contributed by atoms with Crippen LogP contribution in [0.25, 0.3) is 6.20 Å². The summed E-state index contributed by atoms with van der Waals surface area (Å²) in [4.78, 5) is 17.1. The van der Waals surface area contributed by atoms with Crippen LogP contribution in [0.2, 0.25) is 5.02 Å². The van der Waals surface area contributed by atoms with Crippen LogP contribution in [-0.4, -0.2) is 45.8 Å². The Morgan fingerprint density at radius 2 is 1.88 bits per heavy atom. The Morgan fingerprint density at radius 3 is 2.46 bits per heavy atom. The molecule has 1 aliphatic rings. The minimum Gasteiger partial charge on any atom is -0.324 e. The lowest BCUT2D eigenvalue weighted by molar-refractivity contribution is -0.384. The lowest BCUT2D eigenvalue weighted by Crippen LogP contribution is -2.34. The highest BCUT2D eigenvalue weighted by atomic mass is 35.5. The zero-order valence-corrected chi connectivity index (χ0v) is 23.8. The molecule has 2 heterocycles. The summed E-state index contributed by atoms with van der Waals surface area (Å²) < 4.78 is 58.4. The molecule has 0 aliphatic heterocycles. The fraction of sp³-hybridized carbons (Fsp3) is 0.296. The number of allylic oxidation sites excluding steroid dienone is 2. The van der Waals surface area contributed by atoms with E-state index in [1.165, 1.54) is 49.7 Å². The number of hydrogen-bond acceptors (Lipinski definition) is 7. The highest BCUT2D eigenvalue weighted by Gasteiger charge is 2.52. The monoisotopic (exact) mass is 610 g/mol. The number of hydrogen-bond donors (Lipinski definition) is 3. The number of aliphatic imine (C=N–C) groups is 1. The number of aryl methyl sites for hydroxylation is 1. The average Bonchev–Trinajstić information content (AvgIpc) is 3.38. The van der Waals surface area contributed by atoms with Crippen molar-refractivity contribution in [3.8, 4) is 0 Å². The van der Waals surface area contributed by atoms with E-state index in [0.29, 0.717) is 5.56 Å². The van der Waals surface area contributed by atoms with Gasteiger partial charge in [-0.05, 0) is 49.4 Å². The van der Waals surface area contributed by atoms with Gasteiger partial charge < -0.3 is 15.3 Å². The average molecular weight is 611 g/mol. The molecule has 9 nitrogen and oxygen atoms in total. The smallest absolute Gasteiger partial charge is 0.324 e. The van der Waals surface area contributed by atoms with E-state index in [2.05, 4.69) is 10.1 Å². The van der Waals surface area contributed by atoms with E-state index >= 15 is 8.78 Å². The van der Waals surface area contributed by atoms with E-state index in [0.717, 1.165) is 17.0 Å². The zero-order chi connectivity index (χ0) is 30.4. The number of aliphatic hydroxyl groups is 3. The van der Waals surface area contributed by atoms with Gasteiger partial charge in [-0.2, -0.15) is 14.2 Å². The third kappa shape index (κ3) is 5.72. The van der Waals surface area contributed by atoms with Crippen LogP contribution in [0, 0.1) is 24.6 Å². The lowest BCUT2D eigenvalue weighted by atomic mass is 10.1. The Morgan fingerprint density at radius 1 is 1.22 bits per heavy atom. The number of pyridine rings is 1. The standard InChI is InChI=1S/C27H26ClF3N4O5S/c1-5-9-32-24(15-7-6-8-19(23(15)30)41(4)40)18(29)12-34-13(2)10-16(22(28)26(34)36)20-14(3)21(20)17-11-33-35(25(17)31)27(37,38)39/h5-12,14,20-21,37-39H,1-4H3/b9-5+,18-12-,32-24+. The molecule has 4 atom stereocenters. The molecule has 3 N–H and O–H groups in total. The second-order valence-corrected chi connectivity index (χ2v) is 11.3. The summed E-state index contributed by atoms with van der Waals surface area (Å²) in [5, 5.41) is 31.1. The first-order chi connectivity index (χ1) is 19.2. The third-order valence-electron chi connectivity index (χ3n) is 6.87. The van der Waals surface area contributed by atoms with E-state index < -0.39 is 57.6 Å². The van der Waals surface area contributed by atoms with Gasteiger partial charge in [-0.15, -0.1) is 0 Å². The first-order valence-electron chi connectivity index (χ1n) is 12.2. The van der Waals surface area contributed by atoms with Crippen LogP contribution in [0.5, 0.6) is 0 Å². The molecular formula is C27H26ClF3N4O5S. The van der Waals surface area contributed by atoms with Crippen LogP contribution in [0.3, 0.4) is 0 Å². The summed E-state index contributed by atoms with van der Waals surface area (Å²) in [6.45, 7) is 4.91. The van der Waals surface area contributed by atoms with Gasteiger partial charge in [0.05, 0.1) is 28.1 Å². The Kier molecular flexibility index (Phi) is 8.58. The van der Waals surface area contributed by atoms with Gasteiger partial charge in [0.2, 0.25) is 5.95 Å². The van der Waals surface area contributed by atoms with E-state index in [9.17, 15) is 28.7 Å². The van der Waals surface area contributed by atoms with Crippen molar-refractivity contribution in [1.82, 2.24) is 14.3 Å². The Labute approximate surface area is 240 Å². The van der Waals surface area contributed by atoms with Crippen molar-refractivity contribution >= 4 is 34.3 Å². The number of aromatic nitrogens is 3. The fourth-order valence-electron chi connectivity index (χ4n) is 4.84. The highest BCUT2D eigenvalue weighted by Crippen LogP contribution is 2.61. The Balaban J connectivity index is 1.75. The minimum atomic E-state index is -3.53. The van der Waals surface area contributed by atoms with Crippen LogP contribution in [0.4, 0.5) is 13.2 Å². The molecule has 41 heavy (non-hydrogen) atoms. The van der Waals surface area contributed by atoms with Gasteiger partial charge in [0.15, 0.2) is 5.83 Å². The normalized spacial score (nSPS) is 20.6. The van der Waals surface area contributed by atoms with Crippen LogP contribution in [0.1, 0.15) is 48.1 Å². The summed E-state index contributed by atoms with van der Waals surface area (Å²) in [5.74, 6) is -4.41. The summed E-state index contributed by atoms with van der Waals surface area (Å²) >= 11 is 6.43. The van der Waals surface area contributed by atoms with Gasteiger partial charge >= 0.3 is 6.10 Å². The van der Waals surface area contributed by atoms with Crippen molar-refractivity contribution in [1.29, 1.82) is 0 Å². The molecule has 0 radical (unpaired) electrons. The van der Waals surface area contributed by atoms with Gasteiger partial charge in [-0.25, -0.2) is 8.78 Å². The largest absolute Gasteiger partial charge is 0.391 e. The summed E-state index contributed by atoms with van der Waals surface area (Å²) in [5.41, 5.74) is -0.884. The second-order valence-electron chi connectivity index (χ2n) is 9.55. The Hall–Kier alpha value is -3.36. The summed E-state index contributed by atoms with van der Waals surface area (Å²) in [6, 6.07) is 5.54. The molecule has 1 aromatic carbocycles. The van der Waals surface area contributed by atoms with Crippen LogP contribution < -0.4 is 5.56 Å². The van der Waals surface area contributed by atoms with E-state index in [-0.39, 0.29) is 37.3 Å². The molecule has 1 fully saturated rings. The minimum absolute atomic E-state index is 0.00635. The first kappa shape index (κ1) is 30.6. The highest BCUT2D eigenvalue weighted by molar-refractivity contribution is 7.84. The second kappa shape index (κ2) is 11.5. The number of benzene rings is 1. The van der Waals surface area contributed by atoms with E-state index in [1.54, 1.807) is 13.8 Å². The molecule has 1 saturated carbocycles. The summed E-state index contributed by atoms with van der Waals surface area (Å²) in [6.07, 6.45) is 2.36. The molecule has 0 saturated heterocycles. The SMILES string of the molecule is C/C=C/N=C(/C(F)=C/n1c(C)cc(C2C(C)C2c2cnn(C(O)(O)O)c2F)c(Cl)c1=O)c1cccc(S(C)=O)c1F. The predicted octanol–water partition coefficient (Wildman–Crippen LogP) is 3.87. The quantitative estimate of drug-likeness (QED) is 0.262. The maximum atomic E-state index is 15.7. The van der Waals surface area contributed by atoms with Gasteiger partial charge in [-0.3, -0.25) is 18.6 Å². The van der Waals surface area contributed by atoms with Crippen molar-refractivity contribution in [2.45, 2.75) is 43.6 Å². The molecule has 0 bridgehead atoms. The fourth-order valence-corrected chi connectivity index (χ4v) is 5.75. The molecular weight excluding hydrogens is 585 g/mol. The lowest BCUT2D eigenvalue weighted by Gasteiger charge is -2.14. The molecule has 0 spiro atoms. The Bertz CT molecular complexity index is 1690. The van der Waals surface area contributed by atoms with Crippen LogP contribution in [-0.2, 0) is 16.9 Å². The molecule has 14 heteroatoms. The first-order valence-corrected chi connectivity index (χ1v) is 14.2. The van der Waals surface area contributed by atoms with E-state index in [1.807, 2.05) is 0 Å². The van der Waals surface area contributed by atoms with Crippen molar-refractivity contribution in [3.63, 3.8) is 0 Å². The number of rotatable bonds is 8. The predicted molar refractivity (Wildman–Crippen MR) is 147 cm³/mol. The van der Waals surface area contributed by atoms with Crippen molar-refractivity contribution < 1.29 is 32.7 Å². The third-order valence-corrected chi connectivity index (χ3v) is 8.19. The van der Waals surface area contributed by atoms with E-state index in [4.69, 9.17) is 11.6 Å². The van der Waals surface area contributed by atoms with Gasteiger partial charge in [-0.1, -0.05) is 30.7 Å². The summed E-state index contributed by atoms with van der Waals surface area (Å²) in [7, 11) is -1.69. The maximum Gasteiger partial charge on any atom is 0.391 e. The number of nitrogens with zero attached hydrogens (tertiary/aromatic N) is 4. The molecule has 4 unspecified atom stereocenters. The van der Waals surface area contributed by atoms with Gasteiger partial charge in [0.25, 0.3) is 5.56 Å². The molecule has 218 valence electrons. The molecule has 4 rings (SSSR count). The molecule has 2 aromatic heterocycles. The zero-order valence-electron chi connectivity index (χ0n) is 22.2.